The van der Waals surface area contributed by atoms with E-state index in [1.165, 1.54) is 0 Å². The number of morpholine rings is 1. The average Bonchev–Trinajstić information content (AvgIpc) is 3.27. The van der Waals surface area contributed by atoms with Gasteiger partial charge in [-0.25, -0.2) is 9.97 Å². The van der Waals surface area contributed by atoms with Crippen LogP contribution < -0.4 is 10.6 Å². The topological polar surface area (TPSA) is 136 Å². The zero-order valence-corrected chi connectivity index (χ0v) is 19.0. The summed E-state index contributed by atoms with van der Waals surface area (Å²) >= 11 is 0. The number of aromatic amines is 1. The van der Waals surface area contributed by atoms with Gasteiger partial charge in [-0.05, 0) is 37.6 Å². The number of nitrogens with one attached hydrogen (secondary N) is 3. The predicted octanol–water partition coefficient (Wildman–Crippen LogP) is 2.61. The number of aromatic nitrogens is 3. The van der Waals surface area contributed by atoms with Crippen molar-refractivity contribution in [2.75, 3.05) is 31.6 Å². The van der Waals surface area contributed by atoms with Gasteiger partial charge in [-0.2, -0.15) is 5.26 Å². The largest absolute Gasteiger partial charge is 0.378 e. The number of carbonyl (C=O) groups excluding carboxylic acids is 2. The molecule has 1 aliphatic rings. The van der Waals surface area contributed by atoms with Crippen molar-refractivity contribution in [1.29, 1.82) is 5.26 Å². The van der Waals surface area contributed by atoms with Crippen LogP contribution >= 0.6 is 0 Å². The first-order valence-corrected chi connectivity index (χ1v) is 11.0. The summed E-state index contributed by atoms with van der Waals surface area (Å²) in [4.78, 5) is 38.5. The Hall–Kier alpha value is -4.23. The van der Waals surface area contributed by atoms with E-state index < -0.39 is 0 Å². The highest BCUT2D eigenvalue weighted by Gasteiger charge is 2.20. The van der Waals surface area contributed by atoms with Gasteiger partial charge in [0.25, 0.3) is 11.8 Å². The van der Waals surface area contributed by atoms with Crippen molar-refractivity contribution in [3.63, 3.8) is 0 Å². The van der Waals surface area contributed by atoms with E-state index in [9.17, 15) is 14.9 Å². The molecule has 3 heterocycles. The van der Waals surface area contributed by atoms with Gasteiger partial charge in [0.1, 0.15) is 23.0 Å². The fourth-order valence-electron chi connectivity index (χ4n) is 3.52. The summed E-state index contributed by atoms with van der Waals surface area (Å²) in [5.74, 6) is -0.0293. The zero-order valence-electron chi connectivity index (χ0n) is 19.0. The van der Waals surface area contributed by atoms with Crippen LogP contribution in [0, 0.1) is 11.3 Å². The van der Waals surface area contributed by atoms with Crippen LogP contribution in [0.4, 0.5) is 11.5 Å². The second-order valence-electron chi connectivity index (χ2n) is 8.10. The minimum atomic E-state index is -0.291. The Bertz CT molecular complexity index is 1270. The van der Waals surface area contributed by atoms with Crippen LogP contribution in [0.3, 0.4) is 0 Å². The molecule has 4 rings (SSSR count). The molecule has 0 bridgehead atoms. The third-order valence-electron chi connectivity index (χ3n) is 5.19. The number of fused-ring (bicyclic) bond motifs is 1. The van der Waals surface area contributed by atoms with Crippen LogP contribution in [-0.4, -0.2) is 64.0 Å². The minimum absolute atomic E-state index is 0.00462. The van der Waals surface area contributed by atoms with Crippen molar-refractivity contribution in [1.82, 2.24) is 25.2 Å². The molecule has 1 aliphatic heterocycles. The van der Waals surface area contributed by atoms with Crippen molar-refractivity contribution in [3.8, 4) is 6.07 Å². The molecule has 0 saturated carbocycles. The Morgan fingerprint density at radius 2 is 1.97 bits per heavy atom. The summed E-state index contributed by atoms with van der Waals surface area (Å²) in [5, 5.41) is 15.5. The number of anilines is 2. The molecule has 3 N–H and O–H groups in total. The SMILES string of the molecule is CC(C)NC(=O)c1c[nH]c2ncc(Nc3ccc(C=C(C#N)C(=O)N4CCOCC4)cc3)nc12. The number of rotatable bonds is 6. The lowest BCUT2D eigenvalue weighted by atomic mass is 10.1. The third kappa shape index (κ3) is 5.22. The number of nitriles is 1. The average molecular weight is 460 g/mol. The molecule has 10 nitrogen and oxygen atoms in total. The fraction of sp³-hybridized carbons (Fsp3) is 0.292. The monoisotopic (exact) mass is 459 g/mol. The minimum Gasteiger partial charge on any atom is -0.378 e. The maximum atomic E-state index is 12.6. The quantitative estimate of drug-likeness (QED) is 0.381. The van der Waals surface area contributed by atoms with Gasteiger partial charge in [-0.15, -0.1) is 0 Å². The first-order valence-electron chi connectivity index (χ1n) is 11.0. The molecule has 2 aromatic heterocycles. The summed E-state index contributed by atoms with van der Waals surface area (Å²) in [6, 6.07) is 9.24. The highest BCUT2D eigenvalue weighted by atomic mass is 16.5. The maximum absolute atomic E-state index is 12.6. The van der Waals surface area contributed by atoms with Gasteiger partial charge in [-0.1, -0.05) is 12.1 Å². The normalized spacial score (nSPS) is 14.2. The summed E-state index contributed by atoms with van der Waals surface area (Å²) in [6.45, 7) is 5.70. The molecule has 0 aliphatic carbocycles. The van der Waals surface area contributed by atoms with Gasteiger partial charge in [0.2, 0.25) is 0 Å². The Morgan fingerprint density at radius 3 is 2.65 bits per heavy atom. The standard InChI is InChI=1S/C24H25N7O3/c1-15(2)28-23(32)19-13-26-22-21(19)30-20(14-27-22)29-18-5-3-16(4-6-18)11-17(12-25)24(33)31-7-9-34-10-8-31/h3-6,11,13-15H,7-10H2,1-2H3,(H,26,27)(H,28,32)(H,29,30). The molecule has 10 heteroatoms. The first kappa shape index (κ1) is 22.9. The van der Waals surface area contributed by atoms with Crippen LogP contribution in [-0.2, 0) is 9.53 Å². The first-order chi connectivity index (χ1) is 16.4. The molecule has 3 aromatic rings. The van der Waals surface area contributed by atoms with E-state index in [0.717, 1.165) is 11.3 Å². The summed E-state index contributed by atoms with van der Waals surface area (Å²) in [7, 11) is 0. The van der Waals surface area contributed by atoms with Crippen LogP contribution in [0.2, 0.25) is 0 Å². The van der Waals surface area contributed by atoms with Gasteiger partial charge in [0.15, 0.2) is 5.65 Å². The molecule has 0 unspecified atom stereocenters. The van der Waals surface area contributed by atoms with Crippen molar-refractivity contribution in [2.45, 2.75) is 19.9 Å². The molecule has 2 amide bonds. The smallest absolute Gasteiger partial charge is 0.264 e. The lowest BCUT2D eigenvalue weighted by Gasteiger charge is -2.26. The van der Waals surface area contributed by atoms with E-state index in [4.69, 9.17) is 4.74 Å². The van der Waals surface area contributed by atoms with E-state index in [-0.39, 0.29) is 23.4 Å². The Labute approximate surface area is 196 Å². The highest BCUT2D eigenvalue weighted by Crippen LogP contribution is 2.21. The second kappa shape index (κ2) is 10.1. The van der Waals surface area contributed by atoms with Gasteiger partial charge in [0, 0.05) is 31.0 Å². The van der Waals surface area contributed by atoms with Crippen molar-refractivity contribution in [2.24, 2.45) is 0 Å². The van der Waals surface area contributed by atoms with Crippen LogP contribution in [0.1, 0.15) is 29.8 Å². The van der Waals surface area contributed by atoms with E-state index in [1.54, 1.807) is 35.5 Å². The molecule has 1 fully saturated rings. The lowest BCUT2D eigenvalue weighted by Crippen LogP contribution is -2.41. The van der Waals surface area contributed by atoms with Gasteiger partial charge >= 0.3 is 0 Å². The lowest BCUT2D eigenvalue weighted by molar-refractivity contribution is -0.130. The summed E-state index contributed by atoms with van der Waals surface area (Å²) in [6.07, 6.45) is 4.75. The number of carbonyl (C=O) groups is 2. The number of H-pyrrole nitrogens is 1. The summed E-state index contributed by atoms with van der Waals surface area (Å²) in [5.41, 5.74) is 2.97. The number of amides is 2. The zero-order chi connectivity index (χ0) is 24.1. The van der Waals surface area contributed by atoms with E-state index in [2.05, 4.69) is 25.6 Å². The molecule has 1 saturated heterocycles. The molecule has 0 spiro atoms. The number of benzene rings is 1. The summed E-state index contributed by atoms with van der Waals surface area (Å²) < 4.78 is 5.26. The molecular formula is C24H25N7O3. The number of hydrogen-bond donors (Lipinski definition) is 3. The number of hydrogen-bond acceptors (Lipinski definition) is 7. The number of ether oxygens (including phenoxy) is 1. The molecule has 0 atom stereocenters. The van der Waals surface area contributed by atoms with Crippen LogP contribution in [0.5, 0.6) is 0 Å². The van der Waals surface area contributed by atoms with Crippen molar-refractivity contribution in [3.05, 3.63) is 53.4 Å². The molecule has 34 heavy (non-hydrogen) atoms. The highest BCUT2D eigenvalue weighted by molar-refractivity contribution is 6.05. The van der Waals surface area contributed by atoms with Crippen LogP contribution in [0.15, 0.2) is 42.2 Å². The Morgan fingerprint density at radius 1 is 1.24 bits per heavy atom. The van der Waals surface area contributed by atoms with Gasteiger partial charge in [-0.3, -0.25) is 9.59 Å². The van der Waals surface area contributed by atoms with E-state index in [0.29, 0.717) is 48.8 Å². The molecule has 0 radical (unpaired) electrons. The fourth-order valence-corrected chi connectivity index (χ4v) is 3.52. The van der Waals surface area contributed by atoms with Gasteiger partial charge < -0.3 is 25.3 Å². The molecular weight excluding hydrogens is 434 g/mol. The molecule has 1 aromatic carbocycles. The van der Waals surface area contributed by atoms with Crippen molar-refractivity contribution < 1.29 is 14.3 Å². The molecule has 174 valence electrons. The van der Waals surface area contributed by atoms with E-state index in [1.807, 2.05) is 32.0 Å². The predicted molar refractivity (Wildman–Crippen MR) is 127 cm³/mol. The third-order valence-corrected chi connectivity index (χ3v) is 5.19. The van der Waals surface area contributed by atoms with Gasteiger partial charge in [0.05, 0.1) is 25.0 Å². The van der Waals surface area contributed by atoms with E-state index >= 15 is 0 Å². The number of nitrogens with zero attached hydrogens (tertiary/aromatic N) is 4. The second-order valence-corrected chi connectivity index (χ2v) is 8.10. The Balaban J connectivity index is 1.49. The van der Waals surface area contributed by atoms with Crippen molar-refractivity contribution >= 4 is 40.6 Å². The Kier molecular flexibility index (Phi) is 6.85. The van der Waals surface area contributed by atoms with Crippen LogP contribution in [0.25, 0.3) is 17.2 Å². The maximum Gasteiger partial charge on any atom is 0.264 e.